The van der Waals surface area contributed by atoms with E-state index in [2.05, 4.69) is 4.99 Å². The molecule has 0 aliphatic heterocycles. The number of aryl methyl sites for hydroxylation is 2. The lowest BCUT2D eigenvalue weighted by Gasteiger charge is -2.38. The minimum Gasteiger partial charge on any atom is -0.504 e. The average Bonchev–Trinajstić information content (AvgIpc) is 2.25. The first-order valence-corrected chi connectivity index (χ1v) is 6.02. The SMILES string of the molecule is COc1c(C)cc(C)c(C2(N=C=O)CCC2)c1O. The predicted molar refractivity (Wildman–Crippen MR) is 67.8 cm³/mol. The van der Waals surface area contributed by atoms with E-state index in [9.17, 15) is 9.90 Å². The fourth-order valence-electron chi connectivity index (χ4n) is 2.81. The van der Waals surface area contributed by atoms with Crippen LogP contribution in [0.5, 0.6) is 11.5 Å². The average molecular weight is 247 g/mol. The quantitative estimate of drug-likeness (QED) is 0.660. The molecule has 1 aromatic carbocycles. The lowest BCUT2D eigenvalue weighted by molar-refractivity contribution is 0.243. The third kappa shape index (κ3) is 1.70. The van der Waals surface area contributed by atoms with Gasteiger partial charge in [0.25, 0.3) is 0 Å². The van der Waals surface area contributed by atoms with E-state index < -0.39 is 5.54 Å². The van der Waals surface area contributed by atoms with Crippen molar-refractivity contribution in [2.45, 2.75) is 38.6 Å². The van der Waals surface area contributed by atoms with Crippen molar-refractivity contribution in [3.05, 3.63) is 22.8 Å². The molecule has 0 bridgehead atoms. The van der Waals surface area contributed by atoms with E-state index in [0.717, 1.165) is 30.4 Å². The summed E-state index contributed by atoms with van der Waals surface area (Å²) in [6, 6.07) is 1.95. The number of benzene rings is 1. The lowest BCUT2D eigenvalue weighted by Crippen LogP contribution is -2.33. The monoisotopic (exact) mass is 247 g/mol. The zero-order valence-electron chi connectivity index (χ0n) is 10.9. The molecule has 1 aromatic rings. The Bertz CT molecular complexity index is 526. The molecule has 0 atom stereocenters. The Morgan fingerprint density at radius 1 is 1.39 bits per heavy atom. The molecule has 0 amide bonds. The molecule has 1 aliphatic rings. The summed E-state index contributed by atoms with van der Waals surface area (Å²) >= 11 is 0. The Morgan fingerprint density at radius 3 is 2.50 bits per heavy atom. The van der Waals surface area contributed by atoms with Crippen LogP contribution in [0.25, 0.3) is 0 Å². The molecule has 4 heteroatoms. The second-order valence-electron chi connectivity index (χ2n) is 4.86. The van der Waals surface area contributed by atoms with Gasteiger partial charge in [-0.1, -0.05) is 6.07 Å². The first kappa shape index (κ1) is 12.7. The van der Waals surface area contributed by atoms with Crippen LogP contribution in [0.1, 0.15) is 36.0 Å². The summed E-state index contributed by atoms with van der Waals surface area (Å²) < 4.78 is 5.22. The van der Waals surface area contributed by atoms with Gasteiger partial charge in [-0.25, -0.2) is 4.79 Å². The first-order chi connectivity index (χ1) is 8.55. The molecule has 1 N–H and O–H groups in total. The fourth-order valence-corrected chi connectivity index (χ4v) is 2.81. The van der Waals surface area contributed by atoms with Gasteiger partial charge in [-0.2, -0.15) is 4.99 Å². The van der Waals surface area contributed by atoms with Crippen LogP contribution < -0.4 is 4.74 Å². The predicted octanol–water partition coefficient (Wildman–Crippen LogP) is 2.73. The maximum atomic E-state index is 10.6. The van der Waals surface area contributed by atoms with Crippen molar-refractivity contribution in [3.8, 4) is 11.5 Å². The van der Waals surface area contributed by atoms with Crippen LogP contribution in [0.15, 0.2) is 11.1 Å². The maximum Gasteiger partial charge on any atom is 0.235 e. The summed E-state index contributed by atoms with van der Waals surface area (Å²) in [5.74, 6) is 0.566. The third-order valence-corrected chi connectivity index (χ3v) is 3.75. The number of aromatic hydroxyl groups is 1. The van der Waals surface area contributed by atoms with Gasteiger partial charge in [-0.15, -0.1) is 0 Å². The van der Waals surface area contributed by atoms with E-state index in [1.807, 2.05) is 19.9 Å². The number of nitrogens with zero attached hydrogens (tertiary/aromatic N) is 1. The smallest absolute Gasteiger partial charge is 0.235 e. The van der Waals surface area contributed by atoms with Crippen LogP contribution in [-0.2, 0) is 10.3 Å². The lowest BCUT2D eigenvalue weighted by atomic mass is 9.70. The molecule has 0 aromatic heterocycles. The molecule has 0 saturated heterocycles. The molecule has 4 nitrogen and oxygen atoms in total. The van der Waals surface area contributed by atoms with Crippen molar-refractivity contribution in [3.63, 3.8) is 0 Å². The Balaban J connectivity index is 2.67. The van der Waals surface area contributed by atoms with E-state index in [1.165, 1.54) is 7.11 Å². The van der Waals surface area contributed by atoms with Crippen molar-refractivity contribution in [2.24, 2.45) is 4.99 Å². The van der Waals surface area contributed by atoms with E-state index >= 15 is 0 Å². The molecule has 0 heterocycles. The number of isocyanates is 1. The second-order valence-corrected chi connectivity index (χ2v) is 4.86. The molecule has 1 aliphatic carbocycles. The minimum atomic E-state index is -0.600. The topological polar surface area (TPSA) is 58.9 Å². The molecule has 1 fully saturated rings. The highest BCUT2D eigenvalue weighted by Gasteiger charge is 2.42. The summed E-state index contributed by atoms with van der Waals surface area (Å²) in [6.45, 7) is 3.80. The summed E-state index contributed by atoms with van der Waals surface area (Å²) in [4.78, 5) is 14.6. The first-order valence-electron chi connectivity index (χ1n) is 6.02. The van der Waals surface area contributed by atoms with Gasteiger partial charge < -0.3 is 9.84 Å². The van der Waals surface area contributed by atoms with Crippen LogP contribution in [0.3, 0.4) is 0 Å². The number of hydrogen-bond donors (Lipinski definition) is 1. The number of methoxy groups -OCH3 is 1. The van der Waals surface area contributed by atoms with E-state index in [4.69, 9.17) is 4.74 Å². The van der Waals surface area contributed by atoms with Crippen molar-refractivity contribution in [1.29, 1.82) is 0 Å². The van der Waals surface area contributed by atoms with E-state index in [0.29, 0.717) is 11.3 Å². The summed E-state index contributed by atoms with van der Waals surface area (Å²) in [6.07, 6.45) is 4.17. The molecule has 0 spiro atoms. The Kier molecular flexibility index (Phi) is 3.14. The van der Waals surface area contributed by atoms with Crippen LogP contribution in [-0.4, -0.2) is 18.3 Å². The number of phenolic OH excluding ortho intramolecular Hbond substituents is 1. The number of phenols is 1. The molecular weight excluding hydrogens is 230 g/mol. The minimum absolute atomic E-state index is 0.105. The molecular formula is C14H17NO3. The van der Waals surface area contributed by atoms with Gasteiger partial charge in [0.2, 0.25) is 6.08 Å². The summed E-state index contributed by atoms with van der Waals surface area (Å²) in [5, 5.41) is 10.4. The maximum absolute atomic E-state index is 10.6. The summed E-state index contributed by atoms with van der Waals surface area (Å²) in [7, 11) is 1.53. The van der Waals surface area contributed by atoms with Crippen LogP contribution in [0.2, 0.25) is 0 Å². The highest BCUT2D eigenvalue weighted by Crippen LogP contribution is 2.52. The van der Waals surface area contributed by atoms with Gasteiger partial charge in [0.1, 0.15) is 5.54 Å². The normalized spacial score (nSPS) is 16.6. The van der Waals surface area contributed by atoms with Crippen LogP contribution >= 0.6 is 0 Å². The van der Waals surface area contributed by atoms with Crippen molar-refractivity contribution < 1.29 is 14.6 Å². The highest BCUT2D eigenvalue weighted by atomic mass is 16.5. The second kappa shape index (κ2) is 4.46. The van der Waals surface area contributed by atoms with Gasteiger partial charge in [0, 0.05) is 5.56 Å². The molecule has 0 radical (unpaired) electrons. The van der Waals surface area contributed by atoms with Crippen molar-refractivity contribution in [2.75, 3.05) is 7.11 Å². The van der Waals surface area contributed by atoms with Gasteiger partial charge in [0.15, 0.2) is 11.5 Å². The largest absolute Gasteiger partial charge is 0.504 e. The standard InChI is InChI=1S/C14H17NO3/c1-9-7-10(2)13(18-3)12(17)11(9)14(15-8-16)5-4-6-14/h7,17H,4-6H2,1-3H3. The number of carbonyl (C=O) groups excluding carboxylic acids is 1. The molecule has 1 saturated carbocycles. The molecule has 0 unspecified atom stereocenters. The Morgan fingerprint density at radius 2 is 2.06 bits per heavy atom. The Hall–Kier alpha value is -1.80. The fraction of sp³-hybridized carbons (Fsp3) is 0.500. The summed E-state index contributed by atoms with van der Waals surface area (Å²) in [5.41, 5.74) is 1.92. The van der Waals surface area contributed by atoms with Crippen LogP contribution in [0.4, 0.5) is 0 Å². The number of rotatable bonds is 3. The van der Waals surface area contributed by atoms with Crippen LogP contribution in [0, 0.1) is 13.8 Å². The number of ether oxygens (including phenoxy) is 1. The van der Waals surface area contributed by atoms with Gasteiger partial charge >= 0.3 is 0 Å². The van der Waals surface area contributed by atoms with Gasteiger partial charge in [-0.05, 0) is 44.2 Å². The molecule has 2 rings (SSSR count). The van der Waals surface area contributed by atoms with E-state index in [-0.39, 0.29) is 5.75 Å². The highest BCUT2D eigenvalue weighted by molar-refractivity contribution is 5.58. The third-order valence-electron chi connectivity index (χ3n) is 3.75. The van der Waals surface area contributed by atoms with Crippen molar-refractivity contribution >= 4 is 6.08 Å². The van der Waals surface area contributed by atoms with Gasteiger partial charge in [-0.3, -0.25) is 0 Å². The van der Waals surface area contributed by atoms with Crippen molar-refractivity contribution in [1.82, 2.24) is 0 Å². The molecule has 18 heavy (non-hydrogen) atoms. The zero-order valence-corrected chi connectivity index (χ0v) is 10.9. The molecule has 96 valence electrons. The van der Waals surface area contributed by atoms with E-state index in [1.54, 1.807) is 6.08 Å². The number of aliphatic imine (C=N–C) groups is 1. The Labute approximate surface area is 106 Å². The number of hydrogen-bond acceptors (Lipinski definition) is 4. The van der Waals surface area contributed by atoms with Gasteiger partial charge in [0.05, 0.1) is 7.11 Å². The zero-order chi connectivity index (χ0) is 13.3.